The molecule has 0 aliphatic carbocycles. The van der Waals surface area contributed by atoms with Gasteiger partial charge in [0.15, 0.2) is 11.2 Å². The Bertz CT molecular complexity index is 1910. The van der Waals surface area contributed by atoms with Crippen molar-refractivity contribution in [3.05, 3.63) is 80.0 Å². The third kappa shape index (κ3) is 4.72. The Morgan fingerprint density at radius 3 is 2.23 bits per heavy atom. The number of fused-ring (bicyclic) bond motifs is 1. The molecule has 0 bridgehead atoms. The molecular formula is C28H24N10O2. The molecule has 0 atom stereocenters. The van der Waals surface area contributed by atoms with Gasteiger partial charge in [-0.3, -0.25) is 18.5 Å². The van der Waals surface area contributed by atoms with Crippen molar-refractivity contribution in [1.29, 1.82) is 15.9 Å². The van der Waals surface area contributed by atoms with E-state index in [-0.39, 0.29) is 42.2 Å². The number of hydrogen-bond acceptors (Lipinski definition) is 9. The van der Waals surface area contributed by atoms with Crippen molar-refractivity contribution in [3.8, 4) is 24.0 Å². The molecule has 12 heteroatoms. The van der Waals surface area contributed by atoms with Gasteiger partial charge >= 0.3 is 5.69 Å². The number of nitriles is 2. The number of nitrogens with one attached hydrogen (secondary N) is 1. The fourth-order valence-electron chi connectivity index (χ4n) is 4.83. The third-order valence-corrected chi connectivity index (χ3v) is 6.73. The fourth-order valence-corrected chi connectivity index (χ4v) is 4.83. The zero-order chi connectivity index (χ0) is 28.2. The van der Waals surface area contributed by atoms with Crippen molar-refractivity contribution in [2.75, 3.05) is 18.0 Å². The molecule has 1 fully saturated rings. The summed E-state index contributed by atoms with van der Waals surface area (Å²) in [6.45, 7) is 2.58. The highest BCUT2D eigenvalue weighted by Gasteiger charge is 2.27. The first-order chi connectivity index (χ1) is 19.5. The number of hydrogen-bond donors (Lipinski definition) is 1. The SMILES string of the molecule is CC#CCn1c(N2CCCC(=N)C2)nc2c1c(=O)n(Cc1cccnc1C#N)c(=O)n2Cc1cccnc1C#N. The molecule has 5 heterocycles. The van der Waals surface area contributed by atoms with Gasteiger partial charge in [0.25, 0.3) is 5.56 Å². The number of anilines is 1. The van der Waals surface area contributed by atoms with Crippen LogP contribution < -0.4 is 16.1 Å². The van der Waals surface area contributed by atoms with Gasteiger partial charge in [-0.25, -0.2) is 14.8 Å². The molecule has 40 heavy (non-hydrogen) atoms. The van der Waals surface area contributed by atoms with E-state index in [2.05, 4.69) is 27.9 Å². The topological polar surface area (TPSA) is 162 Å². The molecule has 0 amide bonds. The van der Waals surface area contributed by atoms with Crippen molar-refractivity contribution >= 4 is 22.8 Å². The lowest BCUT2D eigenvalue weighted by Gasteiger charge is -2.28. The van der Waals surface area contributed by atoms with Crippen LogP contribution >= 0.6 is 0 Å². The van der Waals surface area contributed by atoms with Crippen molar-refractivity contribution in [2.24, 2.45) is 0 Å². The van der Waals surface area contributed by atoms with Gasteiger partial charge in [0.2, 0.25) is 5.95 Å². The van der Waals surface area contributed by atoms with Crippen LogP contribution in [-0.4, -0.2) is 47.5 Å². The number of nitrogens with zero attached hydrogens (tertiary/aromatic N) is 9. The Morgan fingerprint density at radius 2 is 1.62 bits per heavy atom. The summed E-state index contributed by atoms with van der Waals surface area (Å²) in [4.78, 5) is 42.9. The largest absolute Gasteiger partial charge is 0.337 e. The summed E-state index contributed by atoms with van der Waals surface area (Å²) in [6, 6.07) is 10.7. The third-order valence-electron chi connectivity index (χ3n) is 6.73. The van der Waals surface area contributed by atoms with Crippen LogP contribution in [0.3, 0.4) is 0 Å². The van der Waals surface area contributed by atoms with Crippen molar-refractivity contribution in [2.45, 2.75) is 39.4 Å². The summed E-state index contributed by atoms with van der Waals surface area (Å²) in [5.74, 6) is 6.30. The van der Waals surface area contributed by atoms with Gasteiger partial charge in [0, 0.05) is 35.8 Å². The maximum atomic E-state index is 14.0. The van der Waals surface area contributed by atoms with Crippen LogP contribution in [0.4, 0.5) is 5.95 Å². The molecular weight excluding hydrogens is 508 g/mol. The zero-order valence-corrected chi connectivity index (χ0v) is 21.8. The molecule has 4 aromatic rings. The molecule has 4 aromatic heterocycles. The normalized spacial score (nSPS) is 13.0. The Morgan fingerprint density at radius 1 is 0.975 bits per heavy atom. The van der Waals surface area contributed by atoms with Gasteiger partial charge in [0.05, 0.1) is 26.2 Å². The number of rotatable bonds is 6. The molecule has 0 spiro atoms. The standard InChI is InChI=1S/C28H24N10O2/c1-2-3-13-36-24-25(34-27(36)35-12-6-9-21(31)18-35)37(16-19-7-4-10-32-22(19)14-29)28(40)38(26(24)39)17-20-8-5-11-33-23(20)15-30/h4-5,7-8,10-11,31H,6,9,12-13,16-18H2,1H3. The summed E-state index contributed by atoms with van der Waals surface area (Å²) >= 11 is 0. The molecule has 1 aliphatic rings. The van der Waals surface area contributed by atoms with Gasteiger partial charge in [-0.05, 0) is 31.9 Å². The number of imidazole rings is 1. The average Bonchev–Trinajstić information content (AvgIpc) is 3.36. The molecule has 1 N–H and O–H groups in total. The Kier molecular flexibility index (Phi) is 7.21. The van der Waals surface area contributed by atoms with Crippen LogP contribution in [0.5, 0.6) is 0 Å². The van der Waals surface area contributed by atoms with Gasteiger partial charge in [-0.15, -0.1) is 5.92 Å². The first-order valence-electron chi connectivity index (χ1n) is 12.6. The van der Waals surface area contributed by atoms with Gasteiger partial charge in [0.1, 0.15) is 23.5 Å². The van der Waals surface area contributed by atoms with E-state index in [0.717, 1.165) is 11.0 Å². The highest BCUT2D eigenvalue weighted by Crippen LogP contribution is 2.23. The van der Waals surface area contributed by atoms with Gasteiger partial charge in [-0.1, -0.05) is 18.1 Å². The van der Waals surface area contributed by atoms with Crippen molar-refractivity contribution in [1.82, 2.24) is 28.7 Å². The number of aromatic nitrogens is 6. The highest BCUT2D eigenvalue weighted by atomic mass is 16.2. The molecule has 0 radical (unpaired) electrons. The van der Waals surface area contributed by atoms with Crippen LogP contribution in [0.25, 0.3) is 11.2 Å². The van der Waals surface area contributed by atoms with E-state index in [1.165, 1.54) is 17.0 Å². The second-order valence-corrected chi connectivity index (χ2v) is 9.23. The maximum Gasteiger partial charge on any atom is 0.333 e. The van der Waals surface area contributed by atoms with E-state index in [0.29, 0.717) is 42.3 Å². The van der Waals surface area contributed by atoms with Crippen molar-refractivity contribution < 1.29 is 0 Å². The van der Waals surface area contributed by atoms with Crippen molar-refractivity contribution in [3.63, 3.8) is 0 Å². The Hall–Kier alpha value is -5.54. The molecule has 0 saturated carbocycles. The van der Waals surface area contributed by atoms with Crippen LogP contribution in [0.1, 0.15) is 42.3 Å². The van der Waals surface area contributed by atoms with E-state index in [4.69, 9.17) is 10.4 Å². The van der Waals surface area contributed by atoms with Crippen LogP contribution in [-0.2, 0) is 19.6 Å². The first-order valence-corrected chi connectivity index (χ1v) is 12.6. The first kappa shape index (κ1) is 26.1. The Labute approximate surface area is 228 Å². The second kappa shape index (κ2) is 11.1. The van der Waals surface area contributed by atoms with E-state index >= 15 is 0 Å². The average molecular weight is 533 g/mol. The maximum absolute atomic E-state index is 14.0. The minimum atomic E-state index is -0.651. The predicted octanol–water partition coefficient (Wildman–Crippen LogP) is 1.63. The van der Waals surface area contributed by atoms with E-state index < -0.39 is 11.2 Å². The molecule has 1 aliphatic heterocycles. The molecule has 0 unspecified atom stereocenters. The number of pyridine rings is 2. The van der Waals surface area contributed by atoms with E-state index in [9.17, 15) is 20.1 Å². The summed E-state index contributed by atoms with van der Waals surface area (Å²) in [6.07, 6.45) is 4.42. The van der Waals surface area contributed by atoms with Crippen LogP contribution in [0, 0.1) is 39.9 Å². The molecule has 198 valence electrons. The fraction of sp³-hybridized carbons (Fsp3) is 0.286. The van der Waals surface area contributed by atoms with E-state index in [1.807, 2.05) is 11.0 Å². The molecule has 0 aromatic carbocycles. The summed E-state index contributed by atoms with van der Waals surface area (Å²) in [5.41, 5.74) is 0.797. The Balaban J connectivity index is 1.82. The molecule has 12 nitrogen and oxygen atoms in total. The minimum absolute atomic E-state index is 0.0593. The van der Waals surface area contributed by atoms with Gasteiger partial charge < -0.3 is 10.3 Å². The molecule has 1 saturated heterocycles. The van der Waals surface area contributed by atoms with E-state index in [1.54, 1.807) is 35.8 Å². The smallest absolute Gasteiger partial charge is 0.333 e. The zero-order valence-electron chi connectivity index (χ0n) is 21.8. The lowest BCUT2D eigenvalue weighted by Crippen LogP contribution is -2.41. The highest BCUT2D eigenvalue weighted by molar-refractivity contribution is 5.87. The molecule has 5 rings (SSSR count). The summed E-state index contributed by atoms with van der Waals surface area (Å²) in [5, 5.41) is 27.4. The lowest BCUT2D eigenvalue weighted by molar-refractivity contribution is 0.626. The monoisotopic (exact) mass is 532 g/mol. The summed E-state index contributed by atoms with van der Waals surface area (Å²) < 4.78 is 4.09. The van der Waals surface area contributed by atoms with Crippen LogP contribution in [0.2, 0.25) is 0 Å². The summed E-state index contributed by atoms with van der Waals surface area (Å²) in [7, 11) is 0. The second-order valence-electron chi connectivity index (χ2n) is 9.23. The quantitative estimate of drug-likeness (QED) is 0.366. The van der Waals surface area contributed by atoms with Crippen LogP contribution in [0.15, 0.2) is 46.2 Å². The predicted molar refractivity (Wildman–Crippen MR) is 147 cm³/mol. The minimum Gasteiger partial charge on any atom is -0.337 e. The lowest BCUT2D eigenvalue weighted by atomic mass is 10.1. The number of piperidine rings is 1. The van der Waals surface area contributed by atoms with Gasteiger partial charge in [-0.2, -0.15) is 15.5 Å².